The third-order valence-corrected chi connectivity index (χ3v) is 3.51. The van der Waals surface area contributed by atoms with Crippen molar-refractivity contribution in [3.05, 3.63) is 0 Å². The molecule has 1 aromatic heterocycles. The molecule has 0 radical (unpaired) electrons. The number of thioether (sulfide) groups is 1. The van der Waals surface area contributed by atoms with Gasteiger partial charge in [0.15, 0.2) is 5.16 Å². The minimum atomic E-state index is 0.705. The summed E-state index contributed by atoms with van der Waals surface area (Å²) in [6.07, 6.45) is 6.85. The molecule has 1 aliphatic rings. The molecule has 6 heteroatoms. The highest BCUT2D eigenvalue weighted by molar-refractivity contribution is 7.98. The molecule has 18 heavy (non-hydrogen) atoms. The van der Waals surface area contributed by atoms with E-state index in [1.165, 1.54) is 19.3 Å². The zero-order chi connectivity index (χ0) is 12.8. The molecule has 0 atom stereocenters. The van der Waals surface area contributed by atoms with Gasteiger partial charge in [-0.25, -0.2) is 0 Å². The van der Waals surface area contributed by atoms with Crippen LogP contribution in [0.15, 0.2) is 5.16 Å². The van der Waals surface area contributed by atoms with Gasteiger partial charge in [-0.2, -0.15) is 15.0 Å². The normalized spacial score (nSPS) is 15.8. The van der Waals surface area contributed by atoms with Crippen LogP contribution in [-0.2, 0) is 0 Å². The molecular formula is C12H21N5S. The number of nitrogens with one attached hydrogen (secondary N) is 1. The largest absolute Gasteiger partial charge is 0.354 e. The van der Waals surface area contributed by atoms with E-state index in [0.717, 1.165) is 37.2 Å². The first-order chi connectivity index (χ1) is 8.83. The SMILES string of the molecule is CCCNc1nc(SC)nc(N2CCCCC2)n1. The molecule has 100 valence electrons. The fourth-order valence-corrected chi connectivity index (χ4v) is 2.34. The Kier molecular flexibility index (Phi) is 5.04. The first-order valence-electron chi connectivity index (χ1n) is 6.62. The average Bonchev–Trinajstić information content (AvgIpc) is 2.45. The number of rotatable bonds is 5. The molecule has 1 saturated heterocycles. The molecule has 2 rings (SSSR count). The van der Waals surface area contributed by atoms with Crippen LogP contribution < -0.4 is 10.2 Å². The van der Waals surface area contributed by atoms with E-state index in [1.807, 2.05) is 6.26 Å². The molecule has 0 unspecified atom stereocenters. The Bertz CT molecular complexity index is 379. The van der Waals surface area contributed by atoms with E-state index in [-0.39, 0.29) is 0 Å². The standard InChI is InChI=1S/C12H21N5S/c1-3-7-13-10-14-11(16-12(15-10)18-2)17-8-5-4-6-9-17/h3-9H2,1-2H3,(H,13,14,15,16). The third-order valence-electron chi connectivity index (χ3n) is 2.96. The Balaban J connectivity index is 2.16. The lowest BCUT2D eigenvalue weighted by Gasteiger charge is -2.26. The van der Waals surface area contributed by atoms with Crippen LogP contribution in [0.3, 0.4) is 0 Å². The fourth-order valence-electron chi connectivity index (χ4n) is 1.99. The topological polar surface area (TPSA) is 53.9 Å². The van der Waals surface area contributed by atoms with Gasteiger partial charge in [0.25, 0.3) is 0 Å². The molecule has 1 fully saturated rings. The molecule has 2 heterocycles. The van der Waals surface area contributed by atoms with Crippen molar-refractivity contribution in [3.63, 3.8) is 0 Å². The van der Waals surface area contributed by atoms with Crippen molar-refractivity contribution in [2.24, 2.45) is 0 Å². The lowest BCUT2D eigenvalue weighted by Crippen LogP contribution is -2.31. The summed E-state index contributed by atoms with van der Waals surface area (Å²) in [5.41, 5.74) is 0. The van der Waals surface area contributed by atoms with Crippen molar-refractivity contribution in [2.75, 3.05) is 36.1 Å². The van der Waals surface area contributed by atoms with Crippen LogP contribution >= 0.6 is 11.8 Å². The number of hydrogen-bond donors (Lipinski definition) is 1. The van der Waals surface area contributed by atoms with Crippen LogP contribution in [-0.4, -0.2) is 40.8 Å². The van der Waals surface area contributed by atoms with Crippen molar-refractivity contribution in [1.82, 2.24) is 15.0 Å². The zero-order valence-electron chi connectivity index (χ0n) is 11.1. The smallest absolute Gasteiger partial charge is 0.231 e. The lowest BCUT2D eigenvalue weighted by molar-refractivity contribution is 0.565. The first-order valence-corrected chi connectivity index (χ1v) is 7.85. The van der Waals surface area contributed by atoms with Crippen molar-refractivity contribution in [1.29, 1.82) is 0 Å². The minimum absolute atomic E-state index is 0.705. The van der Waals surface area contributed by atoms with Gasteiger partial charge < -0.3 is 10.2 Å². The molecule has 1 aromatic rings. The van der Waals surface area contributed by atoms with Gasteiger partial charge in [-0.3, -0.25) is 0 Å². The highest BCUT2D eigenvalue weighted by atomic mass is 32.2. The summed E-state index contributed by atoms with van der Waals surface area (Å²) in [7, 11) is 0. The molecule has 1 aliphatic heterocycles. The van der Waals surface area contributed by atoms with Crippen LogP contribution in [0.5, 0.6) is 0 Å². The monoisotopic (exact) mass is 267 g/mol. The van der Waals surface area contributed by atoms with Crippen LogP contribution in [0.2, 0.25) is 0 Å². The van der Waals surface area contributed by atoms with Crippen LogP contribution in [0.4, 0.5) is 11.9 Å². The number of aromatic nitrogens is 3. The molecule has 0 amide bonds. The minimum Gasteiger partial charge on any atom is -0.354 e. The van der Waals surface area contributed by atoms with Gasteiger partial charge >= 0.3 is 0 Å². The van der Waals surface area contributed by atoms with Gasteiger partial charge in [0.2, 0.25) is 11.9 Å². The molecule has 5 nitrogen and oxygen atoms in total. The molecule has 0 spiro atoms. The summed E-state index contributed by atoms with van der Waals surface area (Å²) in [6.45, 7) is 5.16. The lowest BCUT2D eigenvalue weighted by atomic mass is 10.1. The van der Waals surface area contributed by atoms with E-state index >= 15 is 0 Å². The molecular weight excluding hydrogens is 246 g/mol. The van der Waals surface area contributed by atoms with E-state index in [4.69, 9.17) is 0 Å². The quantitative estimate of drug-likeness (QED) is 0.827. The fraction of sp³-hybridized carbons (Fsp3) is 0.750. The van der Waals surface area contributed by atoms with Gasteiger partial charge in [0.1, 0.15) is 0 Å². The second kappa shape index (κ2) is 6.78. The molecule has 0 aromatic carbocycles. The maximum Gasteiger partial charge on any atom is 0.231 e. The number of piperidine rings is 1. The number of nitrogens with zero attached hydrogens (tertiary/aromatic N) is 4. The van der Waals surface area contributed by atoms with Crippen molar-refractivity contribution in [3.8, 4) is 0 Å². The van der Waals surface area contributed by atoms with Crippen LogP contribution in [0, 0.1) is 0 Å². The van der Waals surface area contributed by atoms with Crippen molar-refractivity contribution in [2.45, 2.75) is 37.8 Å². The van der Waals surface area contributed by atoms with Gasteiger partial charge in [-0.1, -0.05) is 18.7 Å². The second-order valence-electron chi connectivity index (χ2n) is 4.42. The predicted octanol–water partition coefficient (Wildman–Crippen LogP) is 2.41. The maximum atomic E-state index is 4.52. The summed E-state index contributed by atoms with van der Waals surface area (Å²) in [4.78, 5) is 15.7. The summed E-state index contributed by atoms with van der Waals surface area (Å²) < 4.78 is 0. The van der Waals surface area contributed by atoms with E-state index in [9.17, 15) is 0 Å². The Morgan fingerprint density at radius 2 is 1.94 bits per heavy atom. The van der Waals surface area contributed by atoms with Gasteiger partial charge in [-0.15, -0.1) is 0 Å². The second-order valence-corrected chi connectivity index (χ2v) is 5.19. The summed E-state index contributed by atoms with van der Waals surface area (Å²) in [6, 6.07) is 0. The van der Waals surface area contributed by atoms with E-state index < -0.39 is 0 Å². The highest BCUT2D eigenvalue weighted by Gasteiger charge is 2.15. The van der Waals surface area contributed by atoms with Crippen LogP contribution in [0.1, 0.15) is 32.6 Å². The Morgan fingerprint density at radius 1 is 1.17 bits per heavy atom. The summed E-state index contributed by atoms with van der Waals surface area (Å²) in [5.74, 6) is 1.53. The first kappa shape index (κ1) is 13.4. The van der Waals surface area contributed by atoms with Crippen LogP contribution in [0.25, 0.3) is 0 Å². The Morgan fingerprint density at radius 3 is 2.61 bits per heavy atom. The predicted molar refractivity (Wildman–Crippen MR) is 76.5 cm³/mol. The molecule has 0 bridgehead atoms. The average molecular weight is 267 g/mol. The maximum absolute atomic E-state index is 4.52. The summed E-state index contributed by atoms with van der Waals surface area (Å²) in [5, 5.41) is 4.04. The van der Waals surface area contributed by atoms with E-state index in [0.29, 0.717) is 5.95 Å². The van der Waals surface area contributed by atoms with Gasteiger partial charge in [-0.05, 0) is 31.9 Å². The molecule has 1 N–H and O–H groups in total. The van der Waals surface area contributed by atoms with E-state index in [2.05, 4.69) is 32.1 Å². The summed E-state index contributed by atoms with van der Waals surface area (Å²) >= 11 is 1.57. The molecule has 0 aliphatic carbocycles. The van der Waals surface area contributed by atoms with Crippen molar-refractivity contribution >= 4 is 23.7 Å². The highest BCUT2D eigenvalue weighted by Crippen LogP contribution is 2.19. The zero-order valence-corrected chi connectivity index (χ0v) is 12.0. The number of anilines is 2. The van der Waals surface area contributed by atoms with E-state index in [1.54, 1.807) is 11.8 Å². The Hall–Kier alpha value is -1.04. The molecule has 0 saturated carbocycles. The van der Waals surface area contributed by atoms with Crippen molar-refractivity contribution < 1.29 is 0 Å². The van der Waals surface area contributed by atoms with Gasteiger partial charge in [0.05, 0.1) is 0 Å². The Labute approximate surface area is 113 Å². The van der Waals surface area contributed by atoms with Gasteiger partial charge in [0, 0.05) is 19.6 Å². The number of hydrogen-bond acceptors (Lipinski definition) is 6. The third kappa shape index (κ3) is 3.48.